The molecule has 1 amide bonds. The third-order valence-corrected chi connectivity index (χ3v) is 3.56. The van der Waals surface area contributed by atoms with Crippen molar-refractivity contribution < 1.29 is 14.3 Å². The van der Waals surface area contributed by atoms with Crippen molar-refractivity contribution in [2.24, 2.45) is 0 Å². The Hall–Kier alpha value is -2.33. The highest BCUT2D eigenvalue weighted by molar-refractivity contribution is 6.33. The summed E-state index contributed by atoms with van der Waals surface area (Å²) >= 11 is 5.99. The van der Waals surface area contributed by atoms with Crippen LogP contribution in [0.1, 0.15) is 28.4 Å². The lowest BCUT2D eigenvalue weighted by atomic mass is 10.1. The molecule has 0 aromatic heterocycles. The summed E-state index contributed by atoms with van der Waals surface area (Å²) in [6, 6.07) is 12.5. The molecule has 1 N–H and O–H groups in total. The molecule has 2 rings (SSSR count). The second kappa shape index (κ2) is 7.79. The van der Waals surface area contributed by atoms with Crippen molar-refractivity contribution in [3.05, 3.63) is 64.2 Å². The molecular formula is C18H18ClNO3. The molecule has 0 atom stereocenters. The van der Waals surface area contributed by atoms with Gasteiger partial charge >= 0.3 is 5.97 Å². The summed E-state index contributed by atoms with van der Waals surface area (Å²) in [6.45, 7) is 3.98. The molecule has 0 unspecified atom stereocenters. The zero-order valence-corrected chi connectivity index (χ0v) is 13.8. The van der Waals surface area contributed by atoms with E-state index in [-0.39, 0.29) is 24.5 Å². The van der Waals surface area contributed by atoms with Crippen LogP contribution in [0.3, 0.4) is 0 Å². The number of nitrogens with one attached hydrogen (secondary N) is 1. The number of benzene rings is 2. The molecule has 2 aromatic carbocycles. The molecule has 0 aliphatic carbocycles. The summed E-state index contributed by atoms with van der Waals surface area (Å²) in [5.41, 5.74) is 2.81. The van der Waals surface area contributed by atoms with Crippen molar-refractivity contribution in [2.75, 3.05) is 11.9 Å². The van der Waals surface area contributed by atoms with E-state index in [0.717, 1.165) is 11.1 Å². The van der Waals surface area contributed by atoms with Crippen molar-refractivity contribution in [3.63, 3.8) is 0 Å². The van der Waals surface area contributed by atoms with Crippen LogP contribution in [0.2, 0.25) is 5.02 Å². The quantitative estimate of drug-likeness (QED) is 0.842. The average Bonchev–Trinajstić information content (AvgIpc) is 2.51. The zero-order chi connectivity index (χ0) is 16.8. The van der Waals surface area contributed by atoms with Gasteiger partial charge in [0, 0.05) is 5.69 Å². The van der Waals surface area contributed by atoms with Crippen molar-refractivity contribution in [3.8, 4) is 0 Å². The minimum Gasteiger partial charge on any atom is -0.462 e. The average molecular weight is 332 g/mol. The molecule has 0 saturated heterocycles. The van der Waals surface area contributed by atoms with Gasteiger partial charge in [0.15, 0.2) is 0 Å². The van der Waals surface area contributed by atoms with Gasteiger partial charge in [0.05, 0.1) is 23.6 Å². The van der Waals surface area contributed by atoms with Gasteiger partial charge in [-0.1, -0.05) is 41.4 Å². The number of esters is 1. The molecule has 2 aromatic rings. The SMILES string of the molecule is CCOC(=O)c1cc(NC(=O)Cc2ccc(C)cc2)ccc1Cl. The Morgan fingerprint density at radius 2 is 1.83 bits per heavy atom. The summed E-state index contributed by atoms with van der Waals surface area (Å²) in [5.74, 6) is -0.668. The van der Waals surface area contributed by atoms with Crippen LogP contribution in [-0.4, -0.2) is 18.5 Å². The number of carbonyl (C=O) groups is 2. The van der Waals surface area contributed by atoms with Gasteiger partial charge < -0.3 is 10.1 Å². The van der Waals surface area contributed by atoms with Gasteiger partial charge in [-0.3, -0.25) is 4.79 Å². The van der Waals surface area contributed by atoms with E-state index in [1.54, 1.807) is 19.1 Å². The van der Waals surface area contributed by atoms with Crippen LogP contribution in [0.15, 0.2) is 42.5 Å². The predicted molar refractivity (Wildman–Crippen MR) is 90.9 cm³/mol. The number of anilines is 1. The lowest BCUT2D eigenvalue weighted by molar-refractivity contribution is -0.115. The topological polar surface area (TPSA) is 55.4 Å². The summed E-state index contributed by atoms with van der Waals surface area (Å²) < 4.78 is 4.94. The number of aryl methyl sites for hydroxylation is 1. The number of carbonyl (C=O) groups excluding carboxylic acids is 2. The Labute approximate surface area is 140 Å². The van der Waals surface area contributed by atoms with E-state index in [1.807, 2.05) is 31.2 Å². The summed E-state index contributed by atoms with van der Waals surface area (Å²) in [5, 5.41) is 3.06. The summed E-state index contributed by atoms with van der Waals surface area (Å²) in [7, 11) is 0. The maximum Gasteiger partial charge on any atom is 0.339 e. The van der Waals surface area contributed by atoms with Crippen LogP contribution >= 0.6 is 11.6 Å². The summed E-state index contributed by atoms with van der Waals surface area (Å²) in [4.78, 5) is 23.9. The van der Waals surface area contributed by atoms with E-state index >= 15 is 0 Å². The highest BCUT2D eigenvalue weighted by atomic mass is 35.5. The van der Waals surface area contributed by atoms with Gasteiger partial charge in [0.25, 0.3) is 0 Å². The first kappa shape index (κ1) is 17.0. The summed E-state index contributed by atoms with van der Waals surface area (Å²) in [6.07, 6.45) is 0.262. The second-order valence-corrected chi connectivity index (χ2v) is 5.53. The standard InChI is InChI=1S/C18H18ClNO3/c1-3-23-18(22)15-11-14(8-9-16(15)19)20-17(21)10-13-6-4-12(2)5-7-13/h4-9,11H,3,10H2,1-2H3,(H,20,21). The lowest BCUT2D eigenvalue weighted by Gasteiger charge is -2.09. The van der Waals surface area contributed by atoms with Crippen molar-refractivity contribution >= 4 is 29.2 Å². The largest absolute Gasteiger partial charge is 0.462 e. The molecule has 0 fully saturated rings. The smallest absolute Gasteiger partial charge is 0.339 e. The normalized spacial score (nSPS) is 10.2. The molecule has 0 bridgehead atoms. The Morgan fingerprint density at radius 1 is 1.13 bits per heavy atom. The Kier molecular flexibility index (Phi) is 5.77. The highest BCUT2D eigenvalue weighted by Gasteiger charge is 2.13. The molecule has 0 aliphatic heterocycles. The van der Waals surface area contributed by atoms with Crippen LogP contribution in [0.5, 0.6) is 0 Å². The van der Waals surface area contributed by atoms with E-state index in [2.05, 4.69) is 5.32 Å². The van der Waals surface area contributed by atoms with Crippen LogP contribution in [-0.2, 0) is 16.0 Å². The van der Waals surface area contributed by atoms with E-state index in [4.69, 9.17) is 16.3 Å². The van der Waals surface area contributed by atoms with Crippen molar-refractivity contribution in [1.82, 2.24) is 0 Å². The second-order valence-electron chi connectivity index (χ2n) is 5.13. The number of ether oxygens (including phenoxy) is 1. The monoisotopic (exact) mass is 331 g/mol. The van der Waals surface area contributed by atoms with E-state index in [9.17, 15) is 9.59 Å². The van der Waals surface area contributed by atoms with E-state index < -0.39 is 5.97 Å². The van der Waals surface area contributed by atoms with Gasteiger partial charge in [0.1, 0.15) is 0 Å². The highest BCUT2D eigenvalue weighted by Crippen LogP contribution is 2.21. The molecule has 23 heavy (non-hydrogen) atoms. The number of hydrogen-bond acceptors (Lipinski definition) is 3. The van der Waals surface area contributed by atoms with Crippen LogP contribution in [0, 0.1) is 6.92 Å². The fraction of sp³-hybridized carbons (Fsp3) is 0.222. The Morgan fingerprint density at radius 3 is 2.48 bits per heavy atom. The van der Waals surface area contributed by atoms with Gasteiger partial charge in [-0.05, 0) is 37.6 Å². The lowest BCUT2D eigenvalue weighted by Crippen LogP contribution is -2.15. The Bertz CT molecular complexity index is 711. The fourth-order valence-corrected chi connectivity index (χ4v) is 2.26. The molecule has 0 spiro atoms. The van der Waals surface area contributed by atoms with Gasteiger partial charge in [-0.25, -0.2) is 4.79 Å². The number of amides is 1. The number of hydrogen-bond donors (Lipinski definition) is 1. The molecule has 120 valence electrons. The minimum absolute atomic E-state index is 0.161. The maximum absolute atomic E-state index is 12.1. The molecular weight excluding hydrogens is 314 g/mol. The molecule has 0 heterocycles. The fourth-order valence-electron chi connectivity index (χ4n) is 2.06. The first-order valence-electron chi connectivity index (χ1n) is 7.31. The van der Waals surface area contributed by atoms with Gasteiger partial charge in [-0.15, -0.1) is 0 Å². The molecule has 0 radical (unpaired) electrons. The van der Waals surface area contributed by atoms with E-state index in [0.29, 0.717) is 10.7 Å². The van der Waals surface area contributed by atoms with Crippen molar-refractivity contribution in [2.45, 2.75) is 20.3 Å². The third-order valence-electron chi connectivity index (χ3n) is 3.23. The van der Waals surface area contributed by atoms with Crippen molar-refractivity contribution in [1.29, 1.82) is 0 Å². The molecule has 5 heteroatoms. The minimum atomic E-state index is -0.507. The molecule has 0 aliphatic rings. The molecule has 0 saturated carbocycles. The molecule has 4 nitrogen and oxygen atoms in total. The third kappa shape index (κ3) is 4.83. The number of rotatable bonds is 5. The van der Waals surface area contributed by atoms with Gasteiger partial charge in [-0.2, -0.15) is 0 Å². The predicted octanol–water partition coefficient (Wildman–Crippen LogP) is 4.01. The zero-order valence-electron chi connectivity index (χ0n) is 13.1. The van der Waals surface area contributed by atoms with E-state index in [1.165, 1.54) is 6.07 Å². The first-order valence-corrected chi connectivity index (χ1v) is 7.69. The Balaban J connectivity index is 2.07. The van der Waals surface area contributed by atoms with Crippen LogP contribution in [0.4, 0.5) is 5.69 Å². The van der Waals surface area contributed by atoms with Gasteiger partial charge in [0.2, 0.25) is 5.91 Å². The first-order chi connectivity index (χ1) is 11.0. The van der Waals surface area contributed by atoms with Crippen LogP contribution in [0.25, 0.3) is 0 Å². The maximum atomic E-state index is 12.1. The number of halogens is 1. The van der Waals surface area contributed by atoms with Crippen LogP contribution < -0.4 is 5.32 Å².